The van der Waals surface area contributed by atoms with Crippen molar-refractivity contribution in [3.63, 3.8) is 0 Å². The summed E-state index contributed by atoms with van der Waals surface area (Å²) in [5, 5.41) is 20.4. The first-order chi connectivity index (χ1) is 8.97. The van der Waals surface area contributed by atoms with Gasteiger partial charge in [0.15, 0.2) is 0 Å². The quantitative estimate of drug-likeness (QED) is 0.788. The second-order valence-corrected chi connectivity index (χ2v) is 5.14. The molecule has 1 aliphatic rings. The van der Waals surface area contributed by atoms with Crippen LogP contribution in [-0.4, -0.2) is 41.6 Å². The first kappa shape index (κ1) is 15.3. The Balaban J connectivity index is 2.42. The van der Waals surface area contributed by atoms with Gasteiger partial charge in [0.1, 0.15) is 0 Å². The van der Waals surface area contributed by atoms with Crippen molar-refractivity contribution in [3.8, 4) is 6.07 Å². The summed E-state index contributed by atoms with van der Waals surface area (Å²) in [5.41, 5.74) is 0. The molecule has 2 N–H and O–H groups in total. The first-order valence-electron chi connectivity index (χ1n) is 6.57. The number of hydrogen-bond donors (Lipinski definition) is 2. The Bertz CT molecular complexity index is 378. The molecular formula is C13H21N3O3. The number of aliphatic carboxylic acids is 1. The van der Waals surface area contributed by atoms with Crippen LogP contribution in [0.5, 0.6) is 0 Å². The van der Waals surface area contributed by atoms with Gasteiger partial charge in [0.05, 0.1) is 18.4 Å². The average molecular weight is 267 g/mol. The van der Waals surface area contributed by atoms with Crippen molar-refractivity contribution in [1.29, 1.82) is 5.26 Å². The van der Waals surface area contributed by atoms with Crippen LogP contribution >= 0.6 is 0 Å². The van der Waals surface area contributed by atoms with Crippen LogP contribution in [0.4, 0.5) is 4.79 Å². The number of carboxylic acids is 1. The molecule has 2 amide bonds. The van der Waals surface area contributed by atoms with E-state index in [1.165, 1.54) is 4.90 Å². The van der Waals surface area contributed by atoms with Gasteiger partial charge in [-0.25, -0.2) is 4.79 Å². The van der Waals surface area contributed by atoms with Gasteiger partial charge in [-0.3, -0.25) is 4.79 Å². The molecule has 0 aromatic heterocycles. The Morgan fingerprint density at radius 2 is 2.21 bits per heavy atom. The van der Waals surface area contributed by atoms with E-state index in [4.69, 9.17) is 10.4 Å². The maximum Gasteiger partial charge on any atom is 0.317 e. The molecule has 1 saturated carbocycles. The summed E-state index contributed by atoms with van der Waals surface area (Å²) in [6.45, 7) is 2.19. The number of rotatable bonds is 5. The summed E-state index contributed by atoms with van der Waals surface area (Å²) >= 11 is 0. The normalized spacial score (nSPS) is 23.4. The zero-order valence-electron chi connectivity index (χ0n) is 11.4. The minimum atomic E-state index is -0.775. The summed E-state index contributed by atoms with van der Waals surface area (Å²) in [7, 11) is 1.64. The molecule has 1 aliphatic carbocycles. The molecule has 3 unspecified atom stereocenters. The number of carbonyl (C=O) groups is 2. The van der Waals surface area contributed by atoms with Crippen molar-refractivity contribution in [1.82, 2.24) is 10.2 Å². The second-order valence-electron chi connectivity index (χ2n) is 5.14. The predicted octanol–water partition coefficient (Wildman–Crippen LogP) is 1.43. The van der Waals surface area contributed by atoms with E-state index in [0.717, 1.165) is 12.8 Å². The Hall–Kier alpha value is -1.77. The monoisotopic (exact) mass is 267 g/mol. The SMILES string of the molecule is CC(CC#N)N(C)C(=O)NCC1CCCC1C(=O)O. The molecule has 0 aromatic carbocycles. The molecule has 106 valence electrons. The van der Waals surface area contributed by atoms with Crippen LogP contribution in [0.15, 0.2) is 0 Å². The summed E-state index contributed by atoms with van der Waals surface area (Å²) in [6.07, 6.45) is 2.72. The zero-order chi connectivity index (χ0) is 14.4. The molecule has 1 fully saturated rings. The van der Waals surface area contributed by atoms with Gasteiger partial charge in [-0.05, 0) is 25.7 Å². The van der Waals surface area contributed by atoms with Crippen LogP contribution in [0.25, 0.3) is 0 Å². The molecule has 0 saturated heterocycles. The van der Waals surface area contributed by atoms with Gasteiger partial charge in [0.25, 0.3) is 0 Å². The first-order valence-corrected chi connectivity index (χ1v) is 6.57. The van der Waals surface area contributed by atoms with Crippen molar-refractivity contribution in [2.45, 2.75) is 38.6 Å². The van der Waals surface area contributed by atoms with E-state index < -0.39 is 5.97 Å². The topological polar surface area (TPSA) is 93.4 Å². The molecule has 3 atom stereocenters. The third kappa shape index (κ3) is 4.12. The Morgan fingerprint density at radius 1 is 1.53 bits per heavy atom. The zero-order valence-corrected chi connectivity index (χ0v) is 11.4. The molecular weight excluding hydrogens is 246 g/mol. The standard InChI is InChI=1S/C13H21N3O3/c1-9(6-7-14)16(2)13(19)15-8-10-4-3-5-11(10)12(17)18/h9-11H,3-6,8H2,1-2H3,(H,15,19)(H,17,18). The highest BCUT2D eigenvalue weighted by molar-refractivity contribution is 5.74. The van der Waals surface area contributed by atoms with Gasteiger partial charge in [0.2, 0.25) is 0 Å². The minimum Gasteiger partial charge on any atom is -0.481 e. The molecule has 0 radical (unpaired) electrons. The van der Waals surface area contributed by atoms with E-state index in [2.05, 4.69) is 5.32 Å². The van der Waals surface area contributed by atoms with Crippen LogP contribution in [0.1, 0.15) is 32.6 Å². The molecule has 0 heterocycles. The number of nitriles is 1. The molecule has 0 bridgehead atoms. The smallest absolute Gasteiger partial charge is 0.317 e. The fourth-order valence-electron chi connectivity index (χ4n) is 2.42. The summed E-state index contributed by atoms with van der Waals surface area (Å²) in [6, 6.07) is 1.62. The van der Waals surface area contributed by atoms with Crippen molar-refractivity contribution < 1.29 is 14.7 Å². The highest BCUT2D eigenvalue weighted by atomic mass is 16.4. The Morgan fingerprint density at radius 3 is 2.79 bits per heavy atom. The van der Waals surface area contributed by atoms with Crippen molar-refractivity contribution in [2.75, 3.05) is 13.6 Å². The number of nitrogens with zero attached hydrogens (tertiary/aromatic N) is 2. The fourth-order valence-corrected chi connectivity index (χ4v) is 2.42. The molecule has 6 nitrogen and oxygen atoms in total. The van der Waals surface area contributed by atoms with E-state index in [1.54, 1.807) is 14.0 Å². The van der Waals surface area contributed by atoms with Gasteiger partial charge in [0, 0.05) is 19.6 Å². The largest absolute Gasteiger partial charge is 0.481 e. The lowest BCUT2D eigenvalue weighted by atomic mass is 9.96. The van der Waals surface area contributed by atoms with Crippen molar-refractivity contribution in [3.05, 3.63) is 0 Å². The third-order valence-corrected chi connectivity index (χ3v) is 3.86. The van der Waals surface area contributed by atoms with Crippen LogP contribution in [0.2, 0.25) is 0 Å². The lowest BCUT2D eigenvalue weighted by Crippen LogP contribution is -2.44. The average Bonchev–Trinajstić information content (AvgIpc) is 2.83. The van der Waals surface area contributed by atoms with Crippen LogP contribution < -0.4 is 5.32 Å². The van der Waals surface area contributed by atoms with Crippen molar-refractivity contribution in [2.24, 2.45) is 11.8 Å². The maximum absolute atomic E-state index is 11.9. The molecule has 0 spiro atoms. The van der Waals surface area contributed by atoms with E-state index in [0.29, 0.717) is 13.0 Å². The summed E-state index contributed by atoms with van der Waals surface area (Å²) in [4.78, 5) is 24.4. The summed E-state index contributed by atoms with van der Waals surface area (Å²) < 4.78 is 0. The second kappa shape index (κ2) is 6.98. The number of amides is 2. The van der Waals surface area contributed by atoms with E-state index in [1.807, 2.05) is 6.07 Å². The Kier molecular flexibility index (Phi) is 5.61. The molecule has 1 rings (SSSR count). The highest BCUT2D eigenvalue weighted by Crippen LogP contribution is 2.31. The number of nitrogens with one attached hydrogen (secondary N) is 1. The van der Waals surface area contributed by atoms with E-state index >= 15 is 0 Å². The fraction of sp³-hybridized carbons (Fsp3) is 0.769. The van der Waals surface area contributed by atoms with E-state index in [-0.39, 0.29) is 30.3 Å². The van der Waals surface area contributed by atoms with Gasteiger partial charge < -0.3 is 15.3 Å². The third-order valence-electron chi connectivity index (χ3n) is 3.86. The molecule has 19 heavy (non-hydrogen) atoms. The highest BCUT2D eigenvalue weighted by Gasteiger charge is 2.33. The van der Waals surface area contributed by atoms with E-state index in [9.17, 15) is 9.59 Å². The number of carboxylic acid groups (broad SMARTS) is 1. The molecule has 0 aliphatic heterocycles. The lowest BCUT2D eigenvalue weighted by Gasteiger charge is -2.25. The van der Waals surface area contributed by atoms with Gasteiger partial charge in [-0.1, -0.05) is 6.42 Å². The maximum atomic E-state index is 11.9. The van der Waals surface area contributed by atoms with Crippen LogP contribution in [-0.2, 0) is 4.79 Å². The predicted molar refractivity (Wildman–Crippen MR) is 69.3 cm³/mol. The number of urea groups is 1. The van der Waals surface area contributed by atoms with Gasteiger partial charge in [-0.2, -0.15) is 5.26 Å². The lowest BCUT2D eigenvalue weighted by molar-refractivity contribution is -0.142. The molecule has 0 aromatic rings. The summed E-state index contributed by atoms with van der Waals surface area (Å²) in [5.74, 6) is -1.11. The van der Waals surface area contributed by atoms with Gasteiger partial charge >= 0.3 is 12.0 Å². The number of hydrogen-bond acceptors (Lipinski definition) is 3. The van der Waals surface area contributed by atoms with Crippen LogP contribution in [0, 0.1) is 23.2 Å². The van der Waals surface area contributed by atoms with Crippen molar-refractivity contribution >= 4 is 12.0 Å². The number of carbonyl (C=O) groups excluding carboxylic acids is 1. The van der Waals surface area contributed by atoms with Gasteiger partial charge in [-0.15, -0.1) is 0 Å². The molecule has 6 heteroatoms. The van der Waals surface area contributed by atoms with Crippen LogP contribution in [0.3, 0.4) is 0 Å². The minimum absolute atomic E-state index is 0.0149. The Labute approximate surface area is 113 Å².